The van der Waals surface area contributed by atoms with Crippen LogP contribution in [0.3, 0.4) is 0 Å². The maximum absolute atomic E-state index is 9.09. The molecule has 19 heavy (non-hydrogen) atoms. The molecule has 1 aromatic rings. The summed E-state index contributed by atoms with van der Waals surface area (Å²) in [6.45, 7) is 2.43. The predicted molar refractivity (Wildman–Crippen MR) is 73.3 cm³/mol. The standard InChI is InChI=1S/C15H20N2O2/c1-18-14-5-7-15(8-6-14)19-11-10-17-9-3-2-4-13(17)12-16/h5-8,13H,2-4,9-11H2,1H3. The second kappa shape index (κ2) is 7.01. The van der Waals surface area contributed by atoms with Crippen molar-refractivity contribution in [1.82, 2.24) is 4.90 Å². The number of nitrogens with zero attached hydrogens (tertiary/aromatic N) is 2. The van der Waals surface area contributed by atoms with E-state index in [0.717, 1.165) is 37.4 Å². The summed E-state index contributed by atoms with van der Waals surface area (Å²) in [6.07, 6.45) is 3.33. The Hall–Kier alpha value is -1.73. The second-order valence-corrected chi connectivity index (χ2v) is 4.70. The average Bonchev–Trinajstić information content (AvgIpc) is 2.48. The summed E-state index contributed by atoms with van der Waals surface area (Å²) in [6, 6.07) is 10.0. The van der Waals surface area contributed by atoms with Crippen LogP contribution >= 0.6 is 0 Å². The zero-order valence-corrected chi connectivity index (χ0v) is 11.3. The molecular weight excluding hydrogens is 240 g/mol. The molecule has 0 N–H and O–H groups in total. The lowest BCUT2D eigenvalue weighted by molar-refractivity contribution is 0.151. The summed E-state index contributed by atoms with van der Waals surface area (Å²) in [4.78, 5) is 2.22. The van der Waals surface area contributed by atoms with Gasteiger partial charge in [-0.25, -0.2) is 0 Å². The van der Waals surface area contributed by atoms with Gasteiger partial charge in [0.05, 0.1) is 19.2 Å². The molecule has 0 radical (unpaired) electrons. The number of likely N-dealkylation sites (tertiary alicyclic amines) is 1. The van der Waals surface area contributed by atoms with Crippen molar-refractivity contribution in [1.29, 1.82) is 5.26 Å². The molecule has 4 heteroatoms. The highest BCUT2D eigenvalue weighted by atomic mass is 16.5. The SMILES string of the molecule is COc1ccc(OCCN2CCCCC2C#N)cc1. The maximum atomic E-state index is 9.09. The minimum atomic E-state index is 0.0632. The predicted octanol–water partition coefficient (Wildman–Crippen LogP) is 2.45. The summed E-state index contributed by atoms with van der Waals surface area (Å²) < 4.78 is 10.8. The number of nitriles is 1. The van der Waals surface area contributed by atoms with Gasteiger partial charge in [-0.05, 0) is 50.1 Å². The first-order chi connectivity index (χ1) is 9.33. The van der Waals surface area contributed by atoms with Crippen LogP contribution in [0.5, 0.6) is 11.5 Å². The number of hydrogen-bond donors (Lipinski definition) is 0. The summed E-state index contributed by atoms with van der Waals surface area (Å²) >= 11 is 0. The highest BCUT2D eigenvalue weighted by Crippen LogP contribution is 2.18. The van der Waals surface area contributed by atoms with Crippen molar-refractivity contribution in [2.45, 2.75) is 25.3 Å². The Morgan fingerprint density at radius 3 is 2.68 bits per heavy atom. The topological polar surface area (TPSA) is 45.5 Å². The van der Waals surface area contributed by atoms with Crippen LogP contribution in [0.2, 0.25) is 0 Å². The molecule has 0 bridgehead atoms. The Morgan fingerprint density at radius 2 is 2.00 bits per heavy atom. The zero-order chi connectivity index (χ0) is 13.5. The Balaban J connectivity index is 1.77. The van der Waals surface area contributed by atoms with E-state index in [1.807, 2.05) is 24.3 Å². The summed E-state index contributed by atoms with van der Waals surface area (Å²) in [5.74, 6) is 1.67. The Morgan fingerprint density at radius 1 is 1.26 bits per heavy atom. The molecule has 1 atom stereocenters. The van der Waals surface area contributed by atoms with Gasteiger partial charge < -0.3 is 9.47 Å². The fourth-order valence-electron chi connectivity index (χ4n) is 2.36. The molecule has 0 saturated carbocycles. The molecule has 1 saturated heterocycles. The van der Waals surface area contributed by atoms with E-state index in [0.29, 0.717) is 6.61 Å². The lowest BCUT2D eigenvalue weighted by Crippen LogP contribution is -2.40. The average molecular weight is 260 g/mol. The van der Waals surface area contributed by atoms with Gasteiger partial charge in [-0.2, -0.15) is 5.26 Å². The molecule has 1 heterocycles. The van der Waals surface area contributed by atoms with Gasteiger partial charge in [0, 0.05) is 6.54 Å². The third-order valence-corrected chi connectivity index (χ3v) is 3.47. The molecule has 1 unspecified atom stereocenters. The van der Waals surface area contributed by atoms with Gasteiger partial charge in [0.2, 0.25) is 0 Å². The largest absolute Gasteiger partial charge is 0.497 e. The number of benzene rings is 1. The van der Waals surface area contributed by atoms with Gasteiger partial charge >= 0.3 is 0 Å². The first kappa shape index (κ1) is 13.7. The lowest BCUT2D eigenvalue weighted by atomic mass is 10.0. The molecule has 1 aromatic carbocycles. The first-order valence-electron chi connectivity index (χ1n) is 6.74. The van der Waals surface area contributed by atoms with Crippen LogP contribution in [0.4, 0.5) is 0 Å². The Bertz CT molecular complexity index is 425. The van der Waals surface area contributed by atoms with Gasteiger partial charge in [0.1, 0.15) is 18.1 Å². The van der Waals surface area contributed by atoms with Gasteiger partial charge in [-0.1, -0.05) is 0 Å². The van der Waals surface area contributed by atoms with Crippen molar-refractivity contribution >= 4 is 0 Å². The van der Waals surface area contributed by atoms with E-state index in [1.54, 1.807) is 7.11 Å². The number of piperidine rings is 1. The quantitative estimate of drug-likeness (QED) is 0.815. The van der Waals surface area contributed by atoms with Crippen molar-refractivity contribution in [3.05, 3.63) is 24.3 Å². The van der Waals surface area contributed by atoms with E-state index in [4.69, 9.17) is 14.7 Å². The number of ether oxygens (including phenoxy) is 2. The highest BCUT2D eigenvalue weighted by Gasteiger charge is 2.21. The normalized spacial score (nSPS) is 19.7. The van der Waals surface area contributed by atoms with Crippen LogP contribution in [-0.4, -0.2) is 37.7 Å². The van der Waals surface area contributed by atoms with Gasteiger partial charge in [-0.3, -0.25) is 4.90 Å². The monoisotopic (exact) mass is 260 g/mol. The smallest absolute Gasteiger partial charge is 0.119 e. The zero-order valence-electron chi connectivity index (χ0n) is 11.3. The van der Waals surface area contributed by atoms with E-state index in [2.05, 4.69) is 11.0 Å². The van der Waals surface area contributed by atoms with Crippen LogP contribution in [0.25, 0.3) is 0 Å². The van der Waals surface area contributed by atoms with Crippen molar-refractivity contribution < 1.29 is 9.47 Å². The molecule has 2 rings (SSSR count). The van der Waals surface area contributed by atoms with Crippen LogP contribution < -0.4 is 9.47 Å². The summed E-state index contributed by atoms with van der Waals surface area (Å²) in [5.41, 5.74) is 0. The van der Waals surface area contributed by atoms with Crippen LogP contribution in [-0.2, 0) is 0 Å². The Kier molecular flexibility index (Phi) is 5.05. The fraction of sp³-hybridized carbons (Fsp3) is 0.533. The molecule has 1 aliphatic heterocycles. The minimum absolute atomic E-state index is 0.0632. The molecule has 0 aliphatic carbocycles. The molecule has 0 aromatic heterocycles. The van der Waals surface area contributed by atoms with Crippen LogP contribution in [0, 0.1) is 11.3 Å². The Labute approximate surface area is 114 Å². The minimum Gasteiger partial charge on any atom is -0.497 e. The molecule has 0 spiro atoms. The van der Waals surface area contributed by atoms with Crippen molar-refractivity contribution in [2.75, 3.05) is 26.8 Å². The maximum Gasteiger partial charge on any atom is 0.119 e. The van der Waals surface area contributed by atoms with E-state index in [1.165, 1.54) is 6.42 Å². The van der Waals surface area contributed by atoms with E-state index in [9.17, 15) is 0 Å². The molecule has 0 amide bonds. The van der Waals surface area contributed by atoms with Crippen LogP contribution in [0.1, 0.15) is 19.3 Å². The molecule has 1 fully saturated rings. The molecular formula is C15H20N2O2. The number of hydrogen-bond acceptors (Lipinski definition) is 4. The fourth-order valence-corrected chi connectivity index (χ4v) is 2.36. The van der Waals surface area contributed by atoms with Crippen molar-refractivity contribution in [2.24, 2.45) is 0 Å². The highest BCUT2D eigenvalue weighted by molar-refractivity contribution is 5.31. The summed E-state index contributed by atoms with van der Waals surface area (Å²) in [7, 11) is 1.65. The van der Waals surface area contributed by atoms with E-state index in [-0.39, 0.29) is 6.04 Å². The molecule has 1 aliphatic rings. The third-order valence-electron chi connectivity index (χ3n) is 3.47. The molecule has 102 valence electrons. The van der Waals surface area contributed by atoms with Crippen molar-refractivity contribution in [3.63, 3.8) is 0 Å². The van der Waals surface area contributed by atoms with E-state index >= 15 is 0 Å². The third kappa shape index (κ3) is 3.87. The van der Waals surface area contributed by atoms with Crippen molar-refractivity contribution in [3.8, 4) is 17.6 Å². The van der Waals surface area contributed by atoms with Gasteiger partial charge in [-0.15, -0.1) is 0 Å². The van der Waals surface area contributed by atoms with E-state index < -0.39 is 0 Å². The van der Waals surface area contributed by atoms with Crippen LogP contribution in [0.15, 0.2) is 24.3 Å². The van der Waals surface area contributed by atoms with Gasteiger partial charge in [0.15, 0.2) is 0 Å². The number of rotatable bonds is 5. The lowest BCUT2D eigenvalue weighted by Gasteiger charge is -2.30. The molecule has 4 nitrogen and oxygen atoms in total. The van der Waals surface area contributed by atoms with Gasteiger partial charge in [0.25, 0.3) is 0 Å². The first-order valence-corrected chi connectivity index (χ1v) is 6.74. The number of methoxy groups -OCH3 is 1. The summed E-state index contributed by atoms with van der Waals surface area (Å²) in [5, 5.41) is 9.09. The second-order valence-electron chi connectivity index (χ2n) is 4.70.